The van der Waals surface area contributed by atoms with Crippen molar-refractivity contribution in [3.05, 3.63) is 97.3 Å². The maximum Gasteiger partial charge on any atom is 0.259 e. The van der Waals surface area contributed by atoms with E-state index >= 15 is 0 Å². The molecule has 3 aliphatic rings. The van der Waals surface area contributed by atoms with Crippen LogP contribution in [0, 0.1) is 17.2 Å². The van der Waals surface area contributed by atoms with Crippen LogP contribution in [0.25, 0.3) is 22.2 Å². The highest BCUT2D eigenvalue weighted by Crippen LogP contribution is 2.46. The molecule has 17 heteroatoms. The van der Waals surface area contributed by atoms with E-state index in [4.69, 9.17) is 14.5 Å². The first-order valence-corrected chi connectivity index (χ1v) is 22.2. The number of nitrogens with zero attached hydrogens (tertiary/aromatic N) is 2. The number of nitrogens with one attached hydrogen (secondary N) is 3. The smallest absolute Gasteiger partial charge is 0.259 e. The van der Waals surface area contributed by atoms with Crippen LogP contribution in [0.15, 0.2) is 96.4 Å². The van der Waals surface area contributed by atoms with Gasteiger partial charge >= 0.3 is 0 Å². The van der Waals surface area contributed by atoms with Crippen LogP contribution in [0.5, 0.6) is 11.5 Å². The summed E-state index contributed by atoms with van der Waals surface area (Å²) in [5.74, 6) is -2.71. The van der Waals surface area contributed by atoms with Crippen molar-refractivity contribution in [2.45, 2.75) is 80.3 Å². The van der Waals surface area contributed by atoms with Gasteiger partial charge in [-0.1, -0.05) is 57.2 Å². The number of hydrogen-bond donors (Lipinski definition) is 3. The Labute approximate surface area is 342 Å². The molecule has 59 heavy (non-hydrogen) atoms. The van der Waals surface area contributed by atoms with Crippen molar-refractivity contribution < 1.29 is 45.1 Å². The molecule has 4 aromatic rings. The molecule has 1 aliphatic heterocycles. The number of benzene rings is 3. The summed E-state index contributed by atoms with van der Waals surface area (Å²) in [7, 11) is -6.82. The standard InChI is InChI=1S/C42H46FN5O9S2/c1-6-26-23-42(26,40(51)47-59(54,55)31-17-18-31)45-38(49)35-21-29(24-48(35)39(50)37(41(2,3)4)46-58(52,53)30-15-12-27(43)13-16-30)57-36-22-33(25-10-8-7-9-11-25)44-34-20-28(56-5)14-19-32(34)36/h6-16,19-20,22,26,29,31,35,37,46H,1,17-18,21,23-24H2,2-5H3,(H,45,49)(H,47,51)/t26-,29-,35+,37-,42-/m1/s1. The number of carbonyl (C=O) groups is 3. The number of carbonyl (C=O) groups excluding carboxylic acids is 3. The highest BCUT2D eigenvalue weighted by molar-refractivity contribution is 7.91. The molecule has 5 atom stereocenters. The van der Waals surface area contributed by atoms with Crippen molar-refractivity contribution in [3.8, 4) is 22.8 Å². The minimum Gasteiger partial charge on any atom is -0.497 e. The lowest BCUT2D eigenvalue weighted by Crippen LogP contribution is -2.60. The molecule has 2 saturated carbocycles. The fourth-order valence-electron chi connectivity index (χ4n) is 7.33. The van der Waals surface area contributed by atoms with Gasteiger partial charge in [0.2, 0.25) is 31.9 Å². The van der Waals surface area contributed by atoms with Gasteiger partial charge in [-0.15, -0.1) is 6.58 Å². The predicted molar refractivity (Wildman–Crippen MR) is 217 cm³/mol. The van der Waals surface area contributed by atoms with Crippen LogP contribution in [0.2, 0.25) is 0 Å². The Kier molecular flexibility index (Phi) is 11.1. The number of fused-ring (bicyclic) bond motifs is 1. The number of halogens is 1. The van der Waals surface area contributed by atoms with Gasteiger partial charge in [0, 0.05) is 35.4 Å². The van der Waals surface area contributed by atoms with Gasteiger partial charge in [-0.2, -0.15) is 4.72 Å². The zero-order chi connectivity index (χ0) is 42.5. The molecule has 1 aromatic heterocycles. The third-order valence-corrected chi connectivity index (χ3v) is 14.2. The zero-order valence-corrected chi connectivity index (χ0v) is 34.6. The van der Waals surface area contributed by atoms with Crippen molar-refractivity contribution in [2.24, 2.45) is 11.3 Å². The molecule has 2 aliphatic carbocycles. The number of likely N-dealkylation sites (tertiary alicyclic amines) is 1. The van der Waals surface area contributed by atoms with Crippen LogP contribution < -0.4 is 24.2 Å². The molecule has 3 fully saturated rings. The fraction of sp³-hybridized carbons (Fsp3) is 0.381. The number of ether oxygens (including phenoxy) is 2. The monoisotopic (exact) mass is 847 g/mol. The van der Waals surface area contributed by atoms with E-state index in [2.05, 4.69) is 21.3 Å². The van der Waals surface area contributed by atoms with Crippen LogP contribution in [-0.2, 0) is 34.4 Å². The second-order valence-corrected chi connectivity index (χ2v) is 20.0. The molecule has 3 amide bonds. The van der Waals surface area contributed by atoms with Crippen LogP contribution >= 0.6 is 0 Å². The molecule has 0 bridgehead atoms. The SMILES string of the molecule is C=C[C@@H]1C[C@]1(NC(=O)[C@@H]1C[C@@H](Oc2cc(-c3ccccc3)nc3cc(OC)ccc23)CN1C(=O)[C@@H](NS(=O)(=O)c1ccc(F)cc1)C(C)(C)C)C(=O)NS(=O)(=O)C1CC1. The average molecular weight is 848 g/mol. The van der Waals surface area contributed by atoms with Crippen molar-refractivity contribution in [1.82, 2.24) is 24.6 Å². The van der Waals surface area contributed by atoms with E-state index in [1.54, 1.807) is 45.0 Å². The van der Waals surface area contributed by atoms with E-state index < -0.39 is 83.9 Å². The van der Waals surface area contributed by atoms with Gasteiger partial charge in [0.1, 0.15) is 41.0 Å². The molecule has 1 saturated heterocycles. The van der Waals surface area contributed by atoms with E-state index in [0.29, 0.717) is 40.9 Å². The first-order valence-electron chi connectivity index (χ1n) is 19.1. The third-order valence-electron chi connectivity index (χ3n) is 10.9. The quantitative estimate of drug-likeness (QED) is 0.153. The van der Waals surface area contributed by atoms with Gasteiger partial charge < -0.3 is 19.7 Å². The second kappa shape index (κ2) is 15.7. The van der Waals surface area contributed by atoms with E-state index in [1.165, 1.54) is 18.1 Å². The summed E-state index contributed by atoms with van der Waals surface area (Å²) in [6, 6.07) is 17.9. The van der Waals surface area contributed by atoms with Gasteiger partial charge in [-0.25, -0.2) is 26.2 Å². The Morgan fingerprint density at radius 2 is 1.69 bits per heavy atom. The predicted octanol–water partition coefficient (Wildman–Crippen LogP) is 4.46. The Bertz CT molecular complexity index is 2530. The average Bonchev–Trinajstić information content (AvgIpc) is 4.13. The molecule has 3 aromatic carbocycles. The summed E-state index contributed by atoms with van der Waals surface area (Å²) in [5.41, 5.74) is -0.757. The molecule has 7 rings (SSSR count). The number of amides is 3. The number of pyridine rings is 1. The Hall–Kier alpha value is -5.39. The van der Waals surface area contributed by atoms with Crippen LogP contribution in [0.4, 0.5) is 4.39 Å². The molecule has 2 heterocycles. The maximum atomic E-state index is 14.8. The minimum atomic E-state index is -4.39. The molecular weight excluding hydrogens is 802 g/mol. The highest BCUT2D eigenvalue weighted by atomic mass is 32.2. The van der Waals surface area contributed by atoms with Gasteiger partial charge in [0.15, 0.2) is 0 Å². The van der Waals surface area contributed by atoms with Crippen molar-refractivity contribution in [2.75, 3.05) is 13.7 Å². The van der Waals surface area contributed by atoms with E-state index in [9.17, 15) is 35.6 Å². The summed E-state index contributed by atoms with van der Waals surface area (Å²) in [6.07, 6.45) is 1.44. The first kappa shape index (κ1) is 41.8. The third kappa shape index (κ3) is 8.68. The van der Waals surface area contributed by atoms with Gasteiger partial charge in [0.25, 0.3) is 5.91 Å². The first-order chi connectivity index (χ1) is 27.8. The summed E-state index contributed by atoms with van der Waals surface area (Å²) in [4.78, 5) is 48.7. The van der Waals surface area contributed by atoms with Crippen molar-refractivity contribution >= 4 is 48.7 Å². The number of sulfonamides is 2. The van der Waals surface area contributed by atoms with Gasteiger partial charge in [-0.05, 0) is 61.1 Å². The van der Waals surface area contributed by atoms with Crippen LogP contribution in [-0.4, -0.2) is 87.1 Å². The molecule has 14 nitrogen and oxygen atoms in total. The van der Waals surface area contributed by atoms with Crippen LogP contribution in [0.3, 0.4) is 0 Å². The highest BCUT2D eigenvalue weighted by Gasteiger charge is 2.62. The second-order valence-electron chi connectivity index (χ2n) is 16.3. The number of hydrogen-bond acceptors (Lipinski definition) is 10. The van der Waals surface area contributed by atoms with Crippen LogP contribution in [0.1, 0.15) is 46.5 Å². The number of rotatable bonds is 14. The van der Waals surface area contributed by atoms with E-state index in [1.807, 2.05) is 30.3 Å². The fourth-order valence-corrected chi connectivity index (χ4v) is 10.1. The number of methoxy groups -OCH3 is 1. The molecule has 3 N–H and O–H groups in total. The molecule has 0 radical (unpaired) electrons. The largest absolute Gasteiger partial charge is 0.497 e. The zero-order valence-electron chi connectivity index (χ0n) is 33.0. The van der Waals surface area contributed by atoms with E-state index in [0.717, 1.165) is 29.8 Å². The van der Waals surface area contributed by atoms with Crippen molar-refractivity contribution in [1.29, 1.82) is 0 Å². The normalized spacial score (nSPS) is 22.3. The Morgan fingerprint density at radius 3 is 2.31 bits per heavy atom. The van der Waals surface area contributed by atoms with E-state index in [-0.39, 0.29) is 24.3 Å². The molecule has 0 spiro atoms. The molecular formula is C42H46FN5O9S2. The number of aromatic nitrogens is 1. The summed E-state index contributed by atoms with van der Waals surface area (Å²) >= 11 is 0. The lowest BCUT2D eigenvalue weighted by atomic mass is 9.86. The topological polar surface area (TPSA) is 190 Å². The Balaban J connectivity index is 1.24. The summed E-state index contributed by atoms with van der Waals surface area (Å²) in [5, 5.41) is 2.68. The molecule has 0 unspecified atom stereocenters. The van der Waals surface area contributed by atoms with Gasteiger partial charge in [-0.3, -0.25) is 19.1 Å². The summed E-state index contributed by atoms with van der Waals surface area (Å²) < 4.78 is 83.3. The van der Waals surface area contributed by atoms with Crippen molar-refractivity contribution in [3.63, 3.8) is 0 Å². The lowest BCUT2D eigenvalue weighted by molar-refractivity contribution is -0.142. The molecule has 312 valence electrons. The summed E-state index contributed by atoms with van der Waals surface area (Å²) in [6.45, 7) is 8.55. The Morgan fingerprint density at radius 1 is 1.00 bits per heavy atom. The maximum absolute atomic E-state index is 14.8. The lowest BCUT2D eigenvalue weighted by Gasteiger charge is -2.35. The minimum absolute atomic E-state index is 0.0751. The van der Waals surface area contributed by atoms with Gasteiger partial charge in [0.05, 0.1) is 35.0 Å².